The van der Waals surface area contributed by atoms with Crippen LogP contribution in [0.1, 0.15) is 31.9 Å². The Morgan fingerprint density at radius 2 is 2.29 bits per heavy atom. The molecule has 0 aliphatic rings. The first-order chi connectivity index (χ1) is 10.2. The molecule has 4 nitrogen and oxygen atoms in total. The summed E-state index contributed by atoms with van der Waals surface area (Å²) in [7, 11) is 1.88. The van der Waals surface area contributed by atoms with Gasteiger partial charge in [-0.25, -0.2) is 4.98 Å². The van der Waals surface area contributed by atoms with Crippen molar-refractivity contribution in [2.24, 2.45) is 0 Å². The number of thiazole rings is 1. The van der Waals surface area contributed by atoms with Crippen molar-refractivity contribution < 1.29 is 4.79 Å². The summed E-state index contributed by atoms with van der Waals surface area (Å²) in [5, 5.41) is 2.99. The lowest BCUT2D eigenvalue weighted by molar-refractivity contribution is -0.129. The number of hydrogen-bond acceptors (Lipinski definition) is 4. The molecule has 2 aromatic heterocycles. The van der Waals surface area contributed by atoms with Crippen LogP contribution in [-0.2, 0) is 11.2 Å². The molecule has 21 heavy (non-hydrogen) atoms. The van der Waals surface area contributed by atoms with Crippen molar-refractivity contribution in [3.8, 4) is 10.6 Å². The Morgan fingerprint density at radius 1 is 1.43 bits per heavy atom. The van der Waals surface area contributed by atoms with Gasteiger partial charge in [0.1, 0.15) is 5.01 Å². The lowest BCUT2D eigenvalue weighted by atomic mass is 10.2. The maximum atomic E-state index is 12.0. The van der Waals surface area contributed by atoms with Crippen LogP contribution in [0.2, 0.25) is 0 Å². The van der Waals surface area contributed by atoms with Crippen molar-refractivity contribution in [1.82, 2.24) is 14.9 Å². The number of pyridine rings is 1. The van der Waals surface area contributed by atoms with Crippen LogP contribution in [0.4, 0.5) is 0 Å². The molecule has 0 radical (unpaired) electrons. The van der Waals surface area contributed by atoms with Gasteiger partial charge in [0.15, 0.2) is 0 Å². The van der Waals surface area contributed by atoms with Crippen LogP contribution in [0.5, 0.6) is 0 Å². The fourth-order valence-electron chi connectivity index (χ4n) is 1.99. The standard InChI is InChI=1S/C16H21N3OS/c1-3-4-10-19(2)15(20)8-7-14-12-21-16(18-14)13-6-5-9-17-11-13/h5-6,9,11-12H,3-4,7-8,10H2,1-2H3. The van der Waals surface area contributed by atoms with E-state index < -0.39 is 0 Å². The number of aromatic nitrogens is 2. The van der Waals surface area contributed by atoms with E-state index in [9.17, 15) is 4.79 Å². The SMILES string of the molecule is CCCCN(C)C(=O)CCc1csc(-c2cccnc2)n1. The highest BCUT2D eigenvalue weighted by Crippen LogP contribution is 2.23. The van der Waals surface area contributed by atoms with Crippen molar-refractivity contribution in [2.75, 3.05) is 13.6 Å². The van der Waals surface area contributed by atoms with Crippen molar-refractivity contribution in [1.29, 1.82) is 0 Å². The molecular formula is C16H21N3OS. The third-order valence-corrected chi connectivity index (χ3v) is 4.27. The molecule has 2 rings (SSSR count). The molecule has 1 amide bonds. The first-order valence-corrected chi connectivity index (χ1v) is 8.17. The van der Waals surface area contributed by atoms with Gasteiger partial charge in [0.2, 0.25) is 5.91 Å². The van der Waals surface area contributed by atoms with E-state index >= 15 is 0 Å². The maximum absolute atomic E-state index is 12.0. The van der Waals surface area contributed by atoms with Crippen LogP contribution in [0.15, 0.2) is 29.9 Å². The van der Waals surface area contributed by atoms with Crippen molar-refractivity contribution in [3.63, 3.8) is 0 Å². The van der Waals surface area contributed by atoms with Crippen LogP contribution in [-0.4, -0.2) is 34.4 Å². The number of unbranched alkanes of at least 4 members (excludes halogenated alkanes) is 1. The molecule has 0 unspecified atom stereocenters. The molecule has 5 heteroatoms. The summed E-state index contributed by atoms with van der Waals surface area (Å²) in [5.74, 6) is 0.194. The summed E-state index contributed by atoms with van der Waals surface area (Å²) in [6.45, 7) is 2.97. The van der Waals surface area contributed by atoms with Gasteiger partial charge in [-0.3, -0.25) is 9.78 Å². The van der Waals surface area contributed by atoms with E-state index in [0.717, 1.165) is 35.7 Å². The lowest BCUT2D eigenvalue weighted by Gasteiger charge is -2.16. The summed E-state index contributed by atoms with van der Waals surface area (Å²) in [5.41, 5.74) is 2.01. The molecule has 0 saturated carbocycles. The third-order valence-electron chi connectivity index (χ3n) is 3.33. The van der Waals surface area contributed by atoms with Gasteiger partial charge in [0.05, 0.1) is 5.69 Å². The molecule has 0 aromatic carbocycles. The van der Waals surface area contributed by atoms with Crippen LogP contribution in [0, 0.1) is 0 Å². The molecule has 0 bridgehead atoms. The van der Waals surface area contributed by atoms with Gasteiger partial charge in [-0.1, -0.05) is 13.3 Å². The predicted octanol–water partition coefficient (Wildman–Crippen LogP) is 3.40. The number of amides is 1. The number of aryl methyl sites for hydroxylation is 1. The second-order valence-electron chi connectivity index (χ2n) is 5.05. The number of carbonyl (C=O) groups is 1. The number of rotatable bonds is 7. The van der Waals surface area contributed by atoms with Gasteiger partial charge >= 0.3 is 0 Å². The van der Waals surface area contributed by atoms with Gasteiger partial charge in [-0.05, 0) is 25.0 Å². The largest absolute Gasteiger partial charge is 0.346 e. The molecule has 0 fully saturated rings. The molecule has 0 atom stereocenters. The highest BCUT2D eigenvalue weighted by Gasteiger charge is 2.10. The minimum Gasteiger partial charge on any atom is -0.346 e. The number of hydrogen-bond donors (Lipinski definition) is 0. The summed E-state index contributed by atoms with van der Waals surface area (Å²) in [4.78, 5) is 22.5. The summed E-state index contributed by atoms with van der Waals surface area (Å²) < 4.78 is 0. The van der Waals surface area contributed by atoms with Crippen molar-refractivity contribution in [2.45, 2.75) is 32.6 Å². The minimum atomic E-state index is 0.194. The topological polar surface area (TPSA) is 46.1 Å². The van der Waals surface area contributed by atoms with Crippen molar-refractivity contribution >= 4 is 17.2 Å². The Kier molecular flexibility index (Phi) is 5.87. The average Bonchev–Trinajstić information content (AvgIpc) is 3.00. The number of nitrogens with zero attached hydrogens (tertiary/aromatic N) is 3. The molecule has 0 aliphatic carbocycles. The van der Waals surface area contributed by atoms with E-state index in [0.29, 0.717) is 12.8 Å². The van der Waals surface area contributed by atoms with Gasteiger partial charge < -0.3 is 4.90 Å². The molecule has 2 aromatic rings. The first-order valence-electron chi connectivity index (χ1n) is 7.29. The molecule has 0 N–H and O–H groups in total. The van der Waals surface area contributed by atoms with E-state index in [-0.39, 0.29) is 5.91 Å². The third kappa shape index (κ3) is 4.63. The zero-order valence-electron chi connectivity index (χ0n) is 12.6. The Hall–Kier alpha value is -1.75. The van der Waals surface area contributed by atoms with E-state index in [4.69, 9.17) is 0 Å². The Balaban J connectivity index is 1.87. The van der Waals surface area contributed by atoms with Gasteiger partial charge in [0, 0.05) is 43.4 Å². The second-order valence-corrected chi connectivity index (χ2v) is 5.91. The molecule has 0 aliphatic heterocycles. The van der Waals surface area contributed by atoms with E-state index in [1.165, 1.54) is 0 Å². The zero-order valence-corrected chi connectivity index (χ0v) is 13.4. The molecular weight excluding hydrogens is 282 g/mol. The predicted molar refractivity (Wildman–Crippen MR) is 86.2 cm³/mol. The zero-order chi connectivity index (χ0) is 15.1. The Labute approximate surface area is 129 Å². The van der Waals surface area contributed by atoms with Gasteiger partial charge in [0.25, 0.3) is 0 Å². The first kappa shape index (κ1) is 15.6. The van der Waals surface area contributed by atoms with Crippen LogP contribution >= 0.6 is 11.3 Å². The second kappa shape index (κ2) is 7.88. The maximum Gasteiger partial charge on any atom is 0.222 e. The highest BCUT2D eigenvalue weighted by molar-refractivity contribution is 7.13. The summed E-state index contributed by atoms with van der Waals surface area (Å²) >= 11 is 1.60. The smallest absolute Gasteiger partial charge is 0.222 e. The quantitative estimate of drug-likeness (QED) is 0.787. The van der Waals surface area contributed by atoms with Gasteiger partial charge in [-0.2, -0.15) is 0 Å². The monoisotopic (exact) mass is 303 g/mol. The highest BCUT2D eigenvalue weighted by atomic mass is 32.1. The summed E-state index contributed by atoms with van der Waals surface area (Å²) in [6.07, 6.45) is 6.96. The molecule has 0 spiro atoms. The summed E-state index contributed by atoms with van der Waals surface area (Å²) in [6, 6.07) is 3.90. The van der Waals surface area contributed by atoms with Crippen molar-refractivity contribution in [3.05, 3.63) is 35.6 Å². The van der Waals surface area contributed by atoms with Crippen LogP contribution < -0.4 is 0 Å². The Morgan fingerprint density at radius 3 is 3.00 bits per heavy atom. The van der Waals surface area contributed by atoms with E-state index in [1.807, 2.05) is 35.7 Å². The van der Waals surface area contributed by atoms with Crippen LogP contribution in [0.25, 0.3) is 10.6 Å². The Bertz CT molecular complexity index is 568. The molecule has 112 valence electrons. The van der Waals surface area contributed by atoms with Crippen LogP contribution in [0.3, 0.4) is 0 Å². The minimum absolute atomic E-state index is 0.194. The average molecular weight is 303 g/mol. The fourth-order valence-corrected chi connectivity index (χ4v) is 2.83. The van der Waals surface area contributed by atoms with E-state index in [2.05, 4.69) is 16.9 Å². The fraction of sp³-hybridized carbons (Fsp3) is 0.438. The van der Waals surface area contributed by atoms with E-state index in [1.54, 1.807) is 17.5 Å². The van der Waals surface area contributed by atoms with Gasteiger partial charge in [-0.15, -0.1) is 11.3 Å². The number of carbonyl (C=O) groups excluding carboxylic acids is 1. The normalized spacial score (nSPS) is 10.6. The molecule has 2 heterocycles. The lowest BCUT2D eigenvalue weighted by Crippen LogP contribution is -2.27. The molecule has 0 saturated heterocycles.